The Morgan fingerprint density at radius 3 is 3.00 bits per heavy atom. The number of aromatic nitrogens is 4. The summed E-state index contributed by atoms with van der Waals surface area (Å²) in [6.45, 7) is 0.530. The number of benzene rings is 1. The Kier molecular flexibility index (Phi) is 5.63. The van der Waals surface area contributed by atoms with Gasteiger partial charge >= 0.3 is 0 Å². The second-order valence-corrected chi connectivity index (χ2v) is 8.45. The average molecular weight is 416 g/mol. The predicted octanol–water partition coefficient (Wildman–Crippen LogP) is 3.46. The van der Waals surface area contributed by atoms with Gasteiger partial charge in [0.2, 0.25) is 5.91 Å². The molecule has 1 amide bonds. The van der Waals surface area contributed by atoms with Gasteiger partial charge in [0.15, 0.2) is 5.16 Å². The Labute approximate surface area is 171 Å². The molecule has 1 aliphatic carbocycles. The van der Waals surface area contributed by atoms with Crippen molar-refractivity contribution in [3.63, 3.8) is 0 Å². The van der Waals surface area contributed by atoms with Gasteiger partial charge < -0.3 is 15.0 Å². The number of ether oxygens (including phenoxy) is 1. The Morgan fingerprint density at radius 1 is 1.39 bits per heavy atom. The monoisotopic (exact) mass is 415 g/mol. The van der Waals surface area contributed by atoms with Gasteiger partial charge in [-0.25, -0.2) is 4.98 Å². The van der Waals surface area contributed by atoms with E-state index in [1.165, 1.54) is 0 Å². The summed E-state index contributed by atoms with van der Waals surface area (Å²) in [5.74, 6) is 2.64. The summed E-state index contributed by atoms with van der Waals surface area (Å²) in [6.07, 6.45) is 2.56. The van der Waals surface area contributed by atoms with E-state index < -0.39 is 0 Å². The van der Waals surface area contributed by atoms with Gasteiger partial charge in [-0.3, -0.25) is 4.79 Å². The fraction of sp³-hybridized carbons (Fsp3) is 0.368. The lowest BCUT2D eigenvalue weighted by Crippen LogP contribution is -2.15. The van der Waals surface area contributed by atoms with Gasteiger partial charge in [0.05, 0.1) is 12.8 Å². The fourth-order valence-electron chi connectivity index (χ4n) is 2.88. The topological polar surface area (TPSA) is 95.9 Å². The molecule has 4 rings (SSSR count). The number of hydrogen-bond acceptors (Lipinski definition) is 7. The van der Waals surface area contributed by atoms with Crippen molar-refractivity contribution in [1.82, 2.24) is 19.7 Å². The summed E-state index contributed by atoms with van der Waals surface area (Å²) in [4.78, 5) is 15.9. The first kappa shape index (κ1) is 18.9. The van der Waals surface area contributed by atoms with Crippen molar-refractivity contribution >= 4 is 29.0 Å². The number of methoxy groups -OCH3 is 1. The van der Waals surface area contributed by atoms with Gasteiger partial charge in [-0.05, 0) is 25.0 Å². The minimum Gasteiger partial charge on any atom is -0.497 e. The van der Waals surface area contributed by atoms with Crippen LogP contribution in [0.4, 0.5) is 0 Å². The molecule has 2 aromatic heterocycles. The molecule has 9 heteroatoms. The summed E-state index contributed by atoms with van der Waals surface area (Å²) in [5, 5.41) is 12.5. The molecule has 1 fully saturated rings. The molecule has 1 saturated carbocycles. The van der Waals surface area contributed by atoms with Crippen molar-refractivity contribution in [1.29, 1.82) is 0 Å². The van der Waals surface area contributed by atoms with E-state index in [4.69, 9.17) is 15.5 Å². The molecular formula is C19H21N5O2S2. The lowest BCUT2D eigenvalue weighted by atomic mass is 10.2. The summed E-state index contributed by atoms with van der Waals surface area (Å²) >= 11 is 3.20. The van der Waals surface area contributed by atoms with Crippen LogP contribution in [0.15, 0.2) is 34.8 Å². The number of nitrogens with two attached hydrogens (primary N) is 1. The highest BCUT2D eigenvalue weighted by Gasteiger charge is 2.30. The molecule has 0 atom stereocenters. The minimum atomic E-state index is -0.311. The molecule has 7 nitrogen and oxygen atoms in total. The normalized spacial score (nSPS) is 13.6. The lowest BCUT2D eigenvalue weighted by Gasteiger charge is -2.08. The molecule has 0 saturated heterocycles. The van der Waals surface area contributed by atoms with E-state index in [-0.39, 0.29) is 5.91 Å². The number of thioether (sulfide) groups is 1. The molecule has 0 unspecified atom stereocenters. The molecule has 0 radical (unpaired) electrons. The number of primary amides is 1. The summed E-state index contributed by atoms with van der Waals surface area (Å²) in [7, 11) is 1.66. The molecule has 0 bridgehead atoms. The van der Waals surface area contributed by atoms with Gasteiger partial charge in [0, 0.05) is 35.6 Å². The van der Waals surface area contributed by atoms with Crippen molar-refractivity contribution in [2.45, 2.75) is 42.6 Å². The van der Waals surface area contributed by atoms with Crippen molar-refractivity contribution in [3.05, 3.63) is 41.2 Å². The first-order valence-corrected chi connectivity index (χ1v) is 10.9. The summed E-state index contributed by atoms with van der Waals surface area (Å²) < 4.78 is 7.33. The Hall–Kier alpha value is -2.39. The Bertz CT molecular complexity index is 980. The van der Waals surface area contributed by atoms with Crippen LogP contribution in [0.5, 0.6) is 5.75 Å². The van der Waals surface area contributed by atoms with Gasteiger partial charge in [-0.15, -0.1) is 21.5 Å². The van der Waals surface area contributed by atoms with Crippen molar-refractivity contribution in [2.75, 3.05) is 7.11 Å². The Morgan fingerprint density at radius 2 is 2.25 bits per heavy atom. The van der Waals surface area contributed by atoms with Gasteiger partial charge in [-0.2, -0.15) is 0 Å². The van der Waals surface area contributed by atoms with Gasteiger partial charge in [0.1, 0.15) is 16.6 Å². The van der Waals surface area contributed by atoms with Crippen molar-refractivity contribution < 1.29 is 9.53 Å². The third-order valence-corrected chi connectivity index (χ3v) is 6.43. The van der Waals surface area contributed by atoms with Crippen LogP contribution < -0.4 is 10.5 Å². The maximum Gasteiger partial charge on any atom is 0.219 e. The molecule has 2 heterocycles. The number of hydrogen-bond donors (Lipinski definition) is 1. The quantitative estimate of drug-likeness (QED) is 0.538. The van der Waals surface area contributed by atoms with E-state index in [2.05, 4.69) is 15.6 Å². The summed E-state index contributed by atoms with van der Waals surface area (Å²) in [5.41, 5.74) is 7.36. The van der Waals surface area contributed by atoms with Crippen LogP contribution in [-0.2, 0) is 17.1 Å². The number of carbonyl (C=O) groups excluding carboxylic acids is 1. The number of carbonyl (C=O) groups is 1. The second kappa shape index (κ2) is 8.32. The van der Waals surface area contributed by atoms with Crippen LogP contribution in [-0.4, -0.2) is 32.8 Å². The van der Waals surface area contributed by atoms with E-state index >= 15 is 0 Å². The van der Waals surface area contributed by atoms with Crippen molar-refractivity contribution in [3.8, 4) is 16.3 Å². The lowest BCUT2D eigenvalue weighted by molar-refractivity contribution is -0.118. The van der Waals surface area contributed by atoms with E-state index in [1.807, 2.05) is 28.8 Å². The van der Waals surface area contributed by atoms with Crippen LogP contribution in [0.25, 0.3) is 10.6 Å². The first-order chi connectivity index (χ1) is 13.6. The zero-order valence-electron chi connectivity index (χ0n) is 15.5. The number of rotatable bonds is 9. The maximum absolute atomic E-state index is 11.2. The highest BCUT2D eigenvalue weighted by atomic mass is 32.2. The first-order valence-electron chi connectivity index (χ1n) is 9.07. The van der Waals surface area contributed by atoms with Crippen LogP contribution in [0.3, 0.4) is 0 Å². The highest BCUT2D eigenvalue weighted by Crippen LogP contribution is 2.40. The highest BCUT2D eigenvalue weighted by molar-refractivity contribution is 7.98. The number of nitrogens with zero attached hydrogens (tertiary/aromatic N) is 4. The fourth-order valence-corrected chi connectivity index (χ4v) is 4.67. The van der Waals surface area contributed by atoms with Crippen LogP contribution in [0, 0.1) is 0 Å². The van der Waals surface area contributed by atoms with Gasteiger partial charge in [0.25, 0.3) is 0 Å². The van der Waals surface area contributed by atoms with Crippen molar-refractivity contribution in [2.24, 2.45) is 5.73 Å². The molecular weight excluding hydrogens is 394 g/mol. The molecule has 1 aromatic carbocycles. The van der Waals surface area contributed by atoms with E-state index in [1.54, 1.807) is 30.2 Å². The third kappa shape index (κ3) is 4.36. The molecule has 0 aliphatic heterocycles. The zero-order chi connectivity index (χ0) is 19.5. The largest absolute Gasteiger partial charge is 0.497 e. The van der Waals surface area contributed by atoms with E-state index in [0.717, 1.165) is 45.8 Å². The van der Waals surface area contributed by atoms with E-state index in [9.17, 15) is 4.79 Å². The molecule has 0 spiro atoms. The zero-order valence-corrected chi connectivity index (χ0v) is 17.1. The SMILES string of the molecule is COc1cccc(-c2nc(CSc3nnc(C4CC4)n3CCC(N)=O)cs2)c1. The van der Waals surface area contributed by atoms with Crippen LogP contribution >= 0.6 is 23.1 Å². The Balaban J connectivity index is 1.46. The molecule has 28 heavy (non-hydrogen) atoms. The average Bonchev–Trinajstić information content (AvgIpc) is 3.29. The second-order valence-electron chi connectivity index (χ2n) is 6.65. The number of amides is 1. The van der Waals surface area contributed by atoms with Crippen LogP contribution in [0.2, 0.25) is 0 Å². The molecule has 3 aromatic rings. The van der Waals surface area contributed by atoms with Gasteiger partial charge in [-0.1, -0.05) is 23.9 Å². The maximum atomic E-state index is 11.2. The predicted molar refractivity (Wildman–Crippen MR) is 109 cm³/mol. The third-order valence-electron chi connectivity index (χ3n) is 4.49. The number of thiazole rings is 1. The smallest absolute Gasteiger partial charge is 0.219 e. The molecule has 1 aliphatic rings. The standard InChI is InChI=1S/C19H21N5O2S2/c1-26-15-4-2-3-13(9-15)18-21-14(10-27-18)11-28-19-23-22-17(12-5-6-12)24(19)8-7-16(20)25/h2-4,9-10,12H,5-8,11H2,1H3,(H2,20,25). The minimum absolute atomic E-state index is 0.294. The molecule has 146 valence electrons. The van der Waals surface area contributed by atoms with E-state index in [0.29, 0.717) is 24.6 Å². The van der Waals surface area contributed by atoms with Crippen LogP contribution in [0.1, 0.15) is 36.7 Å². The summed E-state index contributed by atoms with van der Waals surface area (Å²) in [6, 6.07) is 7.90. The molecule has 2 N–H and O–H groups in total.